The molecular weight excluding hydrogens is 192 g/mol. The molecule has 0 spiro atoms. The van der Waals surface area contributed by atoms with Crippen molar-refractivity contribution in [2.45, 2.75) is 0 Å². The van der Waals surface area contributed by atoms with Crippen molar-refractivity contribution in [2.24, 2.45) is 0 Å². The first-order chi connectivity index (χ1) is 7.33. The summed E-state index contributed by atoms with van der Waals surface area (Å²) in [5.41, 5.74) is 1.83. The molecule has 2 rings (SSSR count). The second kappa shape index (κ2) is 4.04. The van der Waals surface area contributed by atoms with E-state index in [1.807, 2.05) is 24.4 Å². The monoisotopic (exact) mass is 204 g/mol. The summed E-state index contributed by atoms with van der Waals surface area (Å²) in [6.07, 6.45) is 3.47. The molecule has 0 aliphatic carbocycles. The summed E-state index contributed by atoms with van der Waals surface area (Å²) in [6, 6.07) is 5.66. The first-order valence-corrected chi connectivity index (χ1v) is 4.55. The molecule has 0 saturated heterocycles. The minimum Gasteiger partial charge on any atom is -0.497 e. The average molecular weight is 204 g/mol. The zero-order valence-electron chi connectivity index (χ0n) is 8.65. The number of hydrogen-bond donors (Lipinski definition) is 1. The van der Waals surface area contributed by atoms with E-state index in [9.17, 15) is 0 Å². The molecule has 1 aromatic heterocycles. The van der Waals surface area contributed by atoms with E-state index >= 15 is 0 Å². The van der Waals surface area contributed by atoms with Gasteiger partial charge in [0, 0.05) is 17.8 Å². The lowest BCUT2D eigenvalue weighted by atomic mass is 10.1. The standard InChI is InChI=1S/C11H12N2O2/c1-14-9-3-8(4-10(5-9)15-2)11-6-12-7-13-11/h3-7H,1-2H3,(H,12,13). The second-order valence-electron chi connectivity index (χ2n) is 3.06. The Bertz CT molecular complexity index is 416. The predicted octanol–water partition coefficient (Wildman–Crippen LogP) is 2.09. The van der Waals surface area contributed by atoms with Crippen molar-refractivity contribution in [1.82, 2.24) is 9.97 Å². The molecule has 15 heavy (non-hydrogen) atoms. The molecule has 1 N–H and O–H groups in total. The van der Waals surface area contributed by atoms with E-state index in [0.717, 1.165) is 22.8 Å². The van der Waals surface area contributed by atoms with Crippen LogP contribution in [0, 0.1) is 0 Å². The highest BCUT2D eigenvalue weighted by molar-refractivity contribution is 5.63. The molecule has 78 valence electrons. The molecular formula is C11H12N2O2. The first-order valence-electron chi connectivity index (χ1n) is 4.55. The van der Waals surface area contributed by atoms with Gasteiger partial charge < -0.3 is 14.5 Å². The summed E-state index contributed by atoms with van der Waals surface area (Å²) in [5, 5.41) is 0. The van der Waals surface area contributed by atoms with Crippen LogP contribution in [-0.2, 0) is 0 Å². The zero-order chi connectivity index (χ0) is 10.7. The van der Waals surface area contributed by atoms with Crippen molar-refractivity contribution in [2.75, 3.05) is 14.2 Å². The Morgan fingerprint density at radius 2 is 1.73 bits per heavy atom. The number of rotatable bonds is 3. The number of nitrogens with zero attached hydrogens (tertiary/aromatic N) is 1. The van der Waals surface area contributed by atoms with Gasteiger partial charge in [-0.2, -0.15) is 0 Å². The molecule has 0 aliphatic rings. The van der Waals surface area contributed by atoms with Crippen LogP contribution in [-0.4, -0.2) is 24.2 Å². The van der Waals surface area contributed by atoms with Crippen LogP contribution in [0.1, 0.15) is 0 Å². The Morgan fingerprint density at radius 3 is 2.20 bits per heavy atom. The predicted molar refractivity (Wildman–Crippen MR) is 57.1 cm³/mol. The molecule has 0 fully saturated rings. The van der Waals surface area contributed by atoms with Crippen molar-refractivity contribution in [3.63, 3.8) is 0 Å². The molecule has 4 heteroatoms. The fraction of sp³-hybridized carbons (Fsp3) is 0.182. The molecule has 0 atom stereocenters. The number of ether oxygens (including phenoxy) is 2. The van der Waals surface area contributed by atoms with Crippen LogP contribution in [0.5, 0.6) is 11.5 Å². The summed E-state index contributed by atoms with van der Waals surface area (Å²) < 4.78 is 10.4. The van der Waals surface area contributed by atoms with Gasteiger partial charge in [0.15, 0.2) is 0 Å². The van der Waals surface area contributed by atoms with Gasteiger partial charge in [-0.1, -0.05) is 0 Å². The van der Waals surface area contributed by atoms with Crippen LogP contribution < -0.4 is 9.47 Å². The summed E-state index contributed by atoms with van der Waals surface area (Å²) in [4.78, 5) is 7.08. The molecule has 0 radical (unpaired) electrons. The van der Waals surface area contributed by atoms with Crippen molar-refractivity contribution >= 4 is 0 Å². The summed E-state index contributed by atoms with van der Waals surface area (Å²) in [6.45, 7) is 0. The van der Waals surface area contributed by atoms with Crippen LogP contribution in [0.4, 0.5) is 0 Å². The number of aromatic amines is 1. The Labute approximate surface area is 87.9 Å². The van der Waals surface area contributed by atoms with Crippen molar-refractivity contribution in [3.8, 4) is 22.8 Å². The number of imidazole rings is 1. The van der Waals surface area contributed by atoms with E-state index < -0.39 is 0 Å². The lowest BCUT2D eigenvalue weighted by molar-refractivity contribution is 0.394. The molecule has 2 aromatic rings. The molecule has 4 nitrogen and oxygen atoms in total. The number of aromatic nitrogens is 2. The largest absolute Gasteiger partial charge is 0.497 e. The third-order valence-corrected chi connectivity index (χ3v) is 2.15. The van der Waals surface area contributed by atoms with Crippen LogP contribution in [0.25, 0.3) is 11.3 Å². The Morgan fingerprint density at radius 1 is 1.07 bits per heavy atom. The SMILES string of the molecule is COc1cc(OC)cc(-c2c[nH]cn2)c1. The minimum absolute atomic E-state index is 0.757. The molecule has 0 saturated carbocycles. The first kappa shape index (κ1) is 9.58. The normalized spacial score (nSPS) is 10.0. The van der Waals surface area contributed by atoms with Gasteiger partial charge in [-0.25, -0.2) is 4.98 Å². The van der Waals surface area contributed by atoms with E-state index in [1.54, 1.807) is 20.5 Å². The molecule has 0 amide bonds. The molecule has 0 bridgehead atoms. The quantitative estimate of drug-likeness (QED) is 0.832. The lowest BCUT2D eigenvalue weighted by Crippen LogP contribution is -1.88. The van der Waals surface area contributed by atoms with Gasteiger partial charge in [-0.15, -0.1) is 0 Å². The number of H-pyrrole nitrogens is 1. The van der Waals surface area contributed by atoms with E-state index in [2.05, 4.69) is 9.97 Å². The van der Waals surface area contributed by atoms with Gasteiger partial charge in [-0.3, -0.25) is 0 Å². The molecule has 0 unspecified atom stereocenters. The topological polar surface area (TPSA) is 47.1 Å². The van der Waals surface area contributed by atoms with Crippen LogP contribution in [0.2, 0.25) is 0 Å². The summed E-state index contributed by atoms with van der Waals surface area (Å²) in [7, 11) is 3.26. The number of benzene rings is 1. The van der Waals surface area contributed by atoms with E-state index in [-0.39, 0.29) is 0 Å². The van der Waals surface area contributed by atoms with Gasteiger partial charge in [0.2, 0.25) is 0 Å². The third kappa shape index (κ3) is 1.93. The maximum atomic E-state index is 5.18. The third-order valence-electron chi connectivity index (χ3n) is 2.15. The number of methoxy groups -OCH3 is 2. The van der Waals surface area contributed by atoms with Gasteiger partial charge in [-0.05, 0) is 12.1 Å². The Kier molecular flexibility index (Phi) is 2.58. The minimum atomic E-state index is 0.757. The van der Waals surface area contributed by atoms with Gasteiger partial charge in [0.1, 0.15) is 11.5 Å². The fourth-order valence-electron chi connectivity index (χ4n) is 1.37. The van der Waals surface area contributed by atoms with Crippen LogP contribution in [0.15, 0.2) is 30.7 Å². The maximum absolute atomic E-state index is 5.18. The van der Waals surface area contributed by atoms with Crippen molar-refractivity contribution < 1.29 is 9.47 Å². The Balaban J connectivity index is 2.47. The van der Waals surface area contributed by atoms with Gasteiger partial charge in [0.25, 0.3) is 0 Å². The van der Waals surface area contributed by atoms with Crippen molar-refractivity contribution in [3.05, 3.63) is 30.7 Å². The number of hydrogen-bond acceptors (Lipinski definition) is 3. The fourth-order valence-corrected chi connectivity index (χ4v) is 1.37. The summed E-state index contributed by atoms with van der Waals surface area (Å²) in [5.74, 6) is 1.51. The number of nitrogens with one attached hydrogen (secondary N) is 1. The highest BCUT2D eigenvalue weighted by Crippen LogP contribution is 2.28. The van der Waals surface area contributed by atoms with E-state index in [4.69, 9.17) is 9.47 Å². The highest BCUT2D eigenvalue weighted by Gasteiger charge is 2.05. The van der Waals surface area contributed by atoms with Crippen LogP contribution in [0.3, 0.4) is 0 Å². The van der Waals surface area contributed by atoms with E-state index in [1.165, 1.54) is 0 Å². The second-order valence-corrected chi connectivity index (χ2v) is 3.06. The maximum Gasteiger partial charge on any atom is 0.123 e. The van der Waals surface area contributed by atoms with Crippen LogP contribution >= 0.6 is 0 Å². The smallest absolute Gasteiger partial charge is 0.123 e. The lowest BCUT2D eigenvalue weighted by Gasteiger charge is -2.06. The highest BCUT2D eigenvalue weighted by atomic mass is 16.5. The zero-order valence-corrected chi connectivity index (χ0v) is 8.65. The van der Waals surface area contributed by atoms with Crippen molar-refractivity contribution in [1.29, 1.82) is 0 Å². The molecule has 1 aromatic carbocycles. The molecule has 0 aliphatic heterocycles. The molecule has 1 heterocycles. The van der Waals surface area contributed by atoms with Gasteiger partial charge >= 0.3 is 0 Å². The Hall–Kier alpha value is -1.97. The average Bonchev–Trinajstić information content (AvgIpc) is 2.81. The van der Waals surface area contributed by atoms with Gasteiger partial charge in [0.05, 0.1) is 26.2 Å². The summed E-state index contributed by atoms with van der Waals surface area (Å²) >= 11 is 0. The van der Waals surface area contributed by atoms with E-state index in [0.29, 0.717) is 0 Å².